The minimum absolute atomic E-state index is 0.576. The van der Waals surface area contributed by atoms with Crippen LogP contribution in [0.3, 0.4) is 0 Å². The first kappa shape index (κ1) is 19.1. The molecule has 0 atom stereocenters. The normalized spacial score (nSPS) is 12.5. The highest BCUT2D eigenvalue weighted by Gasteiger charge is 2.11. The number of ether oxygens (including phenoxy) is 2. The van der Waals surface area contributed by atoms with Gasteiger partial charge >= 0.3 is 0 Å². The maximum atomic E-state index is 5.89. The van der Waals surface area contributed by atoms with Crippen LogP contribution in [0.4, 0.5) is 5.69 Å². The van der Waals surface area contributed by atoms with E-state index in [-0.39, 0.29) is 0 Å². The van der Waals surface area contributed by atoms with Crippen molar-refractivity contribution in [3.05, 3.63) is 53.1 Å². The minimum Gasteiger partial charge on any atom is -0.486 e. The fourth-order valence-corrected chi connectivity index (χ4v) is 3.71. The topological polar surface area (TPSA) is 42.5 Å². The monoisotopic (exact) mass is 408 g/mol. The Morgan fingerprint density at radius 3 is 2.65 bits per heavy atom. The number of nitrogens with one attached hydrogen (secondary N) is 2. The van der Waals surface area contributed by atoms with Crippen LogP contribution >= 0.6 is 35.6 Å². The van der Waals surface area contributed by atoms with Crippen molar-refractivity contribution >= 4 is 46.4 Å². The summed E-state index contributed by atoms with van der Waals surface area (Å²) in [4.78, 5) is 0. The lowest BCUT2D eigenvalue weighted by Crippen LogP contribution is -2.29. The number of halogens is 1. The summed E-state index contributed by atoms with van der Waals surface area (Å²) in [5.41, 5.74) is 2.19. The molecule has 3 rings (SSSR count). The first-order chi connectivity index (χ1) is 12.7. The molecule has 0 spiro atoms. The number of rotatable bonds is 7. The average Bonchev–Trinajstić information content (AvgIpc) is 2.66. The van der Waals surface area contributed by atoms with Gasteiger partial charge in [0.15, 0.2) is 16.6 Å². The molecule has 138 valence electrons. The predicted molar refractivity (Wildman–Crippen MR) is 114 cm³/mol. The van der Waals surface area contributed by atoms with E-state index < -0.39 is 0 Å². The van der Waals surface area contributed by atoms with E-state index >= 15 is 0 Å². The van der Waals surface area contributed by atoms with Gasteiger partial charge in [0.25, 0.3) is 0 Å². The van der Waals surface area contributed by atoms with Crippen LogP contribution in [0.25, 0.3) is 0 Å². The van der Waals surface area contributed by atoms with Crippen molar-refractivity contribution in [3.63, 3.8) is 0 Å². The maximum Gasteiger partial charge on any atom is 0.170 e. The van der Waals surface area contributed by atoms with E-state index in [1.54, 1.807) is 0 Å². The lowest BCUT2D eigenvalue weighted by Gasteiger charge is -2.19. The van der Waals surface area contributed by atoms with Crippen LogP contribution in [0, 0.1) is 0 Å². The highest BCUT2D eigenvalue weighted by Crippen LogP contribution is 2.32. The summed E-state index contributed by atoms with van der Waals surface area (Å²) in [5.74, 6) is 3.60. The van der Waals surface area contributed by atoms with Gasteiger partial charge in [0.05, 0.1) is 0 Å². The number of benzene rings is 2. The smallest absolute Gasteiger partial charge is 0.170 e. The average molecular weight is 409 g/mol. The Labute approximate surface area is 168 Å². The summed E-state index contributed by atoms with van der Waals surface area (Å²) >= 11 is 13.1. The molecule has 0 aliphatic carbocycles. The molecular formula is C19H21ClN2O2S2. The molecule has 4 nitrogen and oxygen atoms in total. The second-order valence-electron chi connectivity index (χ2n) is 5.77. The van der Waals surface area contributed by atoms with Gasteiger partial charge in [0.2, 0.25) is 0 Å². The van der Waals surface area contributed by atoms with Gasteiger partial charge in [0, 0.05) is 29.1 Å². The molecular weight excluding hydrogens is 388 g/mol. The summed E-state index contributed by atoms with van der Waals surface area (Å²) in [5, 5.41) is 7.81. The van der Waals surface area contributed by atoms with E-state index in [2.05, 4.69) is 22.8 Å². The molecule has 0 unspecified atom stereocenters. The van der Waals surface area contributed by atoms with E-state index in [1.807, 2.05) is 42.1 Å². The van der Waals surface area contributed by atoms with Crippen molar-refractivity contribution in [3.8, 4) is 11.5 Å². The van der Waals surface area contributed by atoms with Crippen LogP contribution in [0.15, 0.2) is 42.5 Å². The van der Waals surface area contributed by atoms with Gasteiger partial charge in [-0.2, -0.15) is 11.8 Å². The lowest BCUT2D eigenvalue weighted by molar-refractivity contribution is 0.171. The van der Waals surface area contributed by atoms with Crippen molar-refractivity contribution < 1.29 is 9.47 Å². The van der Waals surface area contributed by atoms with Crippen molar-refractivity contribution in [2.45, 2.75) is 12.2 Å². The maximum absolute atomic E-state index is 5.89. The first-order valence-corrected chi connectivity index (χ1v) is 10.4. The zero-order chi connectivity index (χ0) is 18.2. The Hall–Kier alpha value is -1.63. The van der Waals surface area contributed by atoms with Gasteiger partial charge < -0.3 is 20.1 Å². The molecule has 1 aliphatic heterocycles. The molecule has 2 N–H and O–H groups in total. The van der Waals surface area contributed by atoms with E-state index in [1.165, 1.54) is 5.56 Å². The molecule has 2 aromatic carbocycles. The highest BCUT2D eigenvalue weighted by atomic mass is 35.5. The Balaban J connectivity index is 1.31. The molecule has 0 saturated carbocycles. The van der Waals surface area contributed by atoms with Gasteiger partial charge in [-0.3, -0.25) is 0 Å². The van der Waals surface area contributed by atoms with Gasteiger partial charge in [-0.05, 0) is 54.2 Å². The second-order valence-corrected chi connectivity index (χ2v) is 7.72. The number of thiocarbonyl (C=S) groups is 1. The quantitative estimate of drug-likeness (QED) is 0.510. The first-order valence-electron chi connectivity index (χ1n) is 8.47. The Kier molecular flexibility index (Phi) is 7.29. The Morgan fingerprint density at radius 1 is 1.08 bits per heavy atom. The third kappa shape index (κ3) is 5.97. The largest absolute Gasteiger partial charge is 0.486 e. The second kappa shape index (κ2) is 9.90. The number of anilines is 1. The van der Waals surface area contributed by atoms with Crippen molar-refractivity contribution in [2.24, 2.45) is 0 Å². The summed E-state index contributed by atoms with van der Waals surface area (Å²) in [6.45, 7) is 2.01. The van der Waals surface area contributed by atoms with E-state index in [0.29, 0.717) is 18.3 Å². The van der Waals surface area contributed by atoms with Crippen LogP contribution < -0.4 is 20.1 Å². The van der Waals surface area contributed by atoms with Crippen LogP contribution in [-0.4, -0.2) is 30.6 Å². The fraction of sp³-hybridized carbons (Fsp3) is 0.316. The zero-order valence-electron chi connectivity index (χ0n) is 14.3. The molecule has 0 aromatic heterocycles. The molecule has 26 heavy (non-hydrogen) atoms. The molecule has 0 radical (unpaired) electrons. The van der Waals surface area contributed by atoms with Crippen molar-refractivity contribution in [1.82, 2.24) is 5.32 Å². The number of hydrogen-bond donors (Lipinski definition) is 2. The minimum atomic E-state index is 0.576. The molecule has 0 fully saturated rings. The Bertz CT molecular complexity index is 741. The molecule has 0 saturated heterocycles. The summed E-state index contributed by atoms with van der Waals surface area (Å²) < 4.78 is 11.1. The number of fused-ring (bicyclic) bond motifs is 1. The van der Waals surface area contributed by atoms with Crippen LogP contribution in [0.2, 0.25) is 5.02 Å². The SMILES string of the molecule is S=C(NCCCSCc1ccc(Cl)cc1)Nc1ccc2c(c1)OCCO2. The van der Waals surface area contributed by atoms with Crippen LogP contribution in [0.5, 0.6) is 11.5 Å². The predicted octanol–water partition coefficient (Wildman–Crippen LogP) is 4.72. The Morgan fingerprint density at radius 2 is 1.85 bits per heavy atom. The van der Waals surface area contributed by atoms with Gasteiger partial charge in [0.1, 0.15) is 13.2 Å². The third-order valence-corrected chi connectivity index (χ3v) is 5.35. The zero-order valence-corrected chi connectivity index (χ0v) is 16.7. The van der Waals surface area contributed by atoms with Gasteiger partial charge in [-0.15, -0.1) is 0 Å². The van der Waals surface area contributed by atoms with E-state index in [0.717, 1.165) is 46.7 Å². The van der Waals surface area contributed by atoms with E-state index in [9.17, 15) is 0 Å². The standard InChI is InChI=1S/C19H21ClN2O2S2/c20-15-4-2-14(3-5-15)13-26-11-1-8-21-19(25)22-16-6-7-17-18(12-16)24-10-9-23-17/h2-7,12H,1,8-11,13H2,(H2,21,22,25). The van der Waals surface area contributed by atoms with Gasteiger partial charge in [-0.1, -0.05) is 23.7 Å². The summed E-state index contributed by atoms with van der Waals surface area (Å²) in [6.07, 6.45) is 1.04. The number of hydrogen-bond acceptors (Lipinski definition) is 4. The highest BCUT2D eigenvalue weighted by molar-refractivity contribution is 7.98. The molecule has 0 amide bonds. The van der Waals surface area contributed by atoms with Crippen LogP contribution in [-0.2, 0) is 5.75 Å². The fourth-order valence-electron chi connectivity index (χ4n) is 2.44. The van der Waals surface area contributed by atoms with Crippen molar-refractivity contribution in [2.75, 3.05) is 30.8 Å². The summed E-state index contributed by atoms with van der Waals surface area (Å²) in [6, 6.07) is 13.7. The number of thioether (sulfide) groups is 1. The van der Waals surface area contributed by atoms with Crippen molar-refractivity contribution in [1.29, 1.82) is 0 Å². The summed E-state index contributed by atoms with van der Waals surface area (Å²) in [7, 11) is 0. The molecule has 1 aliphatic rings. The molecule has 2 aromatic rings. The lowest BCUT2D eigenvalue weighted by atomic mass is 10.2. The third-order valence-electron chi connectivity index (χ3n) is 3.73. The molecule has 1 heterocycles. The molecule has 7 heteroatoms. The molecule has 0 bridgehead atoms. The van der Waals surface area contributed by atoms with Gasteiger partial charge in [-0.25, -0.2) is 0 Å². The van der Waals surface area contributed by atoms with Crippen LogP contribution in [0.1, 0.15) is 12.0 Å². The van der Waals surface area contributed by atoms with E-state index in [4.69, 9.17) is 33.3 Å².